The van der Waals surface area contributed by atoms with Crippen LogP contribution in [0.15, 0.2) is 67.0 Å². The van der Waals surface area contributed by atoms with Crippen molar-refractivity contribution in [1.82, 2.24) is 14.8 Å². The summed E-state index contributed by atoms with van der Waals surface area (Å²) in [6, 6.07) is 17.5. The molecule has 0 saturated heterocycles. The Labute approximate surface area is 199 Å². The summed E-state index contributed by atoms with van der Waals surface area (Å²) in [6.45, 7) is 3.74. The summed E-state index contributed by atoms with van der Waals surface area (Å²) in [7, 11) is 0. The molecular weight excluding hydrogens is 430 g/mol. The van der Waals surface area contributed by atoms with E-state index < -0.39 is 6.10 Å². The number of carbonyl (C=O) groups is 1. The molecule has 0 radical (unpaired) electrons. The molecule has 5 rings (SSSR count). The predicted molar refractivity (Wildman–Crippen MR) is 128 cm³/mol. The summed E-state index contributed by atoms with van der Waals surface area (Å²) in [4.78, 5) is 21.2. The summed E-state index contributed by atoms with van der Waals surface area (Å²) in [5.74, 6) is 1.02. The Balaban J connectivity index is 1.19. The third-order valence-electron chi connectivity index (χ3n) is 6.33. The maximum Gasteiger partial charge on any atom is 0.257 e. The zero-order valence-corrected chi connectivity index (χ0v) is 19.1. The van der Waals surface area contributed by atoms with E-state index in [1.165, 1.54) is 11.1 Å². The highest BCUT2D eigenvalue weighted by atomic mass is 16.5. The molecule has 3 heterocycles. The van der Waals surface area contributed by atoms with Crippen LogP contribution in [0.1, 0.15) is 27.0 Å². The lowest BCUT2D eigenvalue weighted by Crippen LogP contribution is -2.44. The molecule has 0 spiro atoms. The number of rotatable bonds is 7. The topological polar surface area (TPSA) is 75.1 Å². The van der Waals surface area contributed by atoms with Crippen LogP contribution in [0.5, 0.6) is 11.5 Å². The Morgan fingerprint density at radius 2 is 1.94 bits per heavy atom. The number of β-amino-alcohol motifs (C(OH)–C–C–N with tert-alkyl or cyclic N) is 1. The van der Waals surface area contributed by atoms with Gasteiger partial charge in [-0.3, -0.25) is 14.7 Å². The van der Waals surface area contributed by atoms with Gasteiger partial charge in [0.05, 0.1) is 18.2 Å². The molecule has 176 valence electrons. The maximum absolute atomic E-state index is 13.2. The van der Waals surface area contributed by atoms with Crippen molar-refractivity contribution in [3.63, 3.8) is 0 Å². The molecule has 0 fully saturated rings. The van der Waals surface area contributed by atoms with Gasteiger partial charge in [-0.1, -0.05) is 30.3 Å². The molecule has 0 aliphatic carbocycles. The maximum atomic E-state index is 13.2. The highest BCUT2D eigenvalue weighted by molar-refractivity contribution is 5.97. The average Bonchev–Trinajstić information content (AvgIpc) is 3.01. The van der Waals surface area contributed by atoms with Crippen LogP contribution in [-0.4, -0.2) is 64.7 Å². The molecule has 1 N–H and O–H groups in total. The molecule has 2 aliphatic rings. The van der Waals surface area contributed by atoms with Crippen LogP contribution in [-0.2, 0) is 19.6 Å². The minimum atomic E-state index is -0.627. The number of aliphatic hydroxyl groups excluding tert-OH is 1. The van der Waals surface area contributed by atoms with Gasteiger partial charge in [-0.2, -0.15) is 0 Å². The molecule has 0 saturated carbocycles. The van der Waals surface area contributed by atoms with Crippen molar-refractivity contribution in [2.24, 2.45) is 0 Å². The van der Waals surface area contributed by atoms with E-state index >= 15 is 0 Å². The van der Waals surface area contributed by atoms with Crippen molar-refractivity contribution in [1.29, 1.82) is 0 Å². The largest absolute Gasteiger partial charge is 0.491 e. The minimum Gasteiger partial charge on any atom is -0.491 e. The number of pyridine rings is 1. The van der Waals surface area contributed by atoms with Gasteiger partial charge in [-0.05, 0) is 35.7 Å². The van der Waals surface area contributed by atoms with Gasteiger partial charge in [0.25, 0.3) is 5.91 Å². The average molecular weight is 460 g/mol. The monoisotopic (exact) mass is 459 g/mol. The number of amides is 1. The number of carbonyl (C=O) groups excluding carboxylic acids is 1. The highest BCUT2D eigenvalue weighted by Crippen LogP contribution is 2.29. The molecule has 1 amide bonds. The first-order chi connectivity index (χ1) is 16.7. The summed E-state index contributed by atoms with van der Waals surface area (Å²) < 4.78 is 11.7. The van der Waals surface area contributed by atoms with Crippen LogP contribution in [0.25, 0.3) is 0 Å². The van der Waals surface area contributed by atoms with E-state index in [-0.39, 0.29) is 12.5 Å². The second kappa shape index (κ2) is 10.2. The lowest BCUT2D eigenvalue weighted by atomic mass is 10.00. The Morgan fingerprint density at radius 1 is 1.06 bits per heavy atom. The van der Waals surface area contributed by atoms with Gasteiger partial charge in [0, 0.05) is 50.2 Å². The van der Waals surface area contributed by atoms with E-state index in [1.54, 1.807) is 35.5 Å². The lowest BCUT2D eigenvalue weighted by Gasteiger charge is -2.32. The Bertz CT molecular complexity index is 1140. The van der Waals surface area contributed by atoms with Crippen molar-refractivity contribution < 1.29 is 19.4 Å². The number of hydrogen-bond acceptors (Lipinski definition) is 6. The van der Waals surface area contributed by atoms with E-state index in [0.717, 1.165) is 25.1 Å². The highest BCUT2D eigenvalue weighted by Gasteiger charge is 2.27. The van der Waals surface area contributed by atoms with Crippen molar-refractivity contribution in [3.05, 3.63) is 89.2 Å². The summed E-state index contributed by atoms with van der Waals surface area (Å²) in [5, 5.41) is 10.8. The van der Waals surface area contributed by atoms with Crippen LogP contribution in [0, 0.1) is 0 Å². The summed E-state index contributed by atoms with van der Waals surface area (Å²) in [6.07, 6.45) is 3.84. The van der Waals surface area contributed by atoms with E-state index in [0.29, 0.717) is 43.4 Å². The van der Waals surface area contributed by atoms with Crippen molar-refractivity contribution in [2.75, 3.05) is 32.8 Å². The molecule has 2 aromatic carbocycles. The van der Waals surface area contributed by atoms with Gasteiger partial charge < -0.3 is 19.5 Å². The number of ether oxygens (including phenoxy) is 2. The third-order valence-corrected chi connectivity index (χ3v) is 6.33. The SMILES string of the molecule is O=C1c2ccc(OCc3cccnc3)cc2OCCN1C[C@H](O)CN1CCc2ccccc2C1. The van der Waals surface area contributed by atoms with E-state index in [4.69, 9.17) is 9.47 Å². The Morgan fingerprint density at radius 3 is 2.79 bits per heavy atom. The summed E-state index contributed by atoms with van der Waals surface area (Å²) in [5.41, 5.74) is 4.15. The van der Waals surface area contributed by atoms with Gasteiger partial charge in [0.2, 0.25) is 0 Å². The Hall–Kier alpha value is -3.42. The number of nitrogens with zero attached hydrogens (tertiary/aromatic N) is 3. The molecule has 3 aromatic rings. The van der Waals surface area contributed by atoms with Gasteiger partial charge in [0.15, 0.2) is 0 Å². The second-order valence-electron chi connectivity index (χ2n) is 8.82. The van der Waals surface area contributed by atoms with Gasteiger partial charge in [-0.15, -0.1) is 0 Å². The molecule has 1 atom stereocenters. The second-order valence-corrected chi connectivity index (χ2v) is 8.82. The minimum absolute atomic E-state index is 0.130. The number of hydrogen-bond donors (Lipinski definition) is 1. The smallest absolute Gasteiger partial charge is 0.257 e. The molecule has 0 unspecified atom stereocenters. The molecule has 7 heteroatoms. The quantitative estimate of drug-likeness (QED) is 0.586. The zero-order chi connectivity index (χ0) is 23.3. The van der Waals surface area contributed by atoms with Crippen LogP contribution >= 0.6 is 0 Å². The number of benzene rings is 2. The third kappa shape index (κ3) is 5.21. The van der Waals surface area contributed by atoms with Gasteiger partial charge >= 0.3 is 0 Å². The van der Waals surface area contributed by atoms with E-state index in [2.05, 4.69) is 34.1 Å². The van der Waals surface area contributed by atoms with Crippen LogP contribution in [0.3, 0.4) is 0 Å². The Kier molecular flexibility index (Phi) is 6.74. The number of aliphatic hydroxyl groups is 1. The molecule has 1 aromatic heterocycles. The number of fused-ring (bicyclic) bond motifs is 2. The molecular formula is C27H29N3O4. The normalized spacial score (nSPS) is 16.7. The van der Waals surface area contributed by atoms with E-state index in [9.17, 15) is 9.90 Å². The van der Waals surface area contributed by atoms with Crippen LogP contribution in [0.4, 0.5) is 0 Å². The lowest BCUT2D eigenvalue weighted by molar-refractivity contribution is 0.0501. The van der Waals surface area contributed by atoms with Gasteiger partial charge in [0.1, 0.15) is 24.7 Å². The molecule has 34 heavy (non-hydrogen) atoms. The fraction of sp³-hybridized carbons (Fsp3) is 0.333. The first-order valence-electron chi connectivity index (χ1n) is 11.7. The first kappa shape index (κ1) is 22.4. The van der Waals surface area contributed by atoms with Gasteiger partial charge in [-0.25, -0.2) is 0 Å². The number of aromatic nitrogens is 1. The molecule has 0 bridgehead atoms. The van der Waals surface area contributed by atoms with Crippen molar-refractivity contribution >= 4 is 5.91 Å². The fourth-order valence-electron chi connectivity index (χ4n) is 4.57. The molecule has 7 nitrogen and oxygen atoms in total. The van der Waals surface area contributed by atoms with Crippen LogP contribution < -0.4 is 9.47 Å². The zero-order valence-electron chi connectivity index (χ0n) is 19.1. The molecule has 2 aliphatic heterocycles. The first-order valence-corrected chi connectivity index (χ1v) is 11.7. The fourth-order valence-corrected chi connectivity index (χ4v) is 4.57. The van der Waals surface area contributed by atoms with Crippen LogP contribution in [0.2, 0.25) is 0 Å². The summed E-state index contributed by atoms with van der Waals surface area (Å²) >= 11 is 0. The van der Waals surface area contributed by atoms with Crippen molar-refractivity contribution in [3.8, 4) is 11.5 Å². The van der Waals surface area contributed by atoms with E-state index in [1.807, 2.05) is 12.1 Å². The standard InChI is InChI=1S/C27H29N3O4/c31-23(17-29-11-9-21-5-1-2-6-22(21)16-29)18-30-12-13-33-26-14-24(7-8-25(26)27(30)32)34-19-20-4-3-10-28-15-20/h1-8,10,14-15,23,31H,9,11-13,16-19H2/t23-/m1/s1. The predicted octanol–water partition coefficient (Wildman–Crippen LogP) is 2.91. The van der Waals surface area contributed by atoms with Crippen molar-refractivity contribution in [2.45, 2.75) is 25.7 Å².